The molecule has 0 aromatic heterocycles. The smallest absolute Gasteiger partial charge is 0.244 e. The molecule has 0 spiro atoms. The minimum Gasteiger partial charge on any atom is -0.497 e. The molecule has 1 amide bonds. The van der Waals surface area contributed by atoms with Crippen LogP contribution in [0.15, 0.2) is 30.3 Å². The zero-order valence-electron chi connectivity index (χ0n) is 10.7. The maximum atomic E-state index is 11.7. The quantitative estimate of drug-likeness (QED) is 0.828. The lowest BCUT2D eigenvalue weighted by molar-refractivity contribution is -0.117. The van der Waals surface area contributed by atoms with E-state index in [2.05, 4.69) is 5.32 Å². The first-order valence-electron chi connectivity index (χ1n) is 6.40. The van der Waals surface area contributed by atoms with Gasteiger partial charge in [0.25, 0.3) is 0 Å². The second-order valence-electron chi connectivity index (χ2n) is 4.60. The van der Waals surface area contributed by atoms with Crippen molar-refractivity contribution < 1.29 is 9.53 Å². The van der Waals surface area contributed by atoms with Gasteiger partial charge in [0.1, 0.15) is 5.75 Å². The predicted molar refractivity (Wildman–Crippen MR) is 72.4 cm³/mol. The standard InChI is InChI=1S/C15H19NO2/c1-18-14-8-4-5-12(11-14)9-10-15(17)16-13-6-2-3-7-13/h4-5,8-11,13H,2-3,6-7H2,1H3,(H,16,17). The summed E-state index contributed by atoms with van der Waals surface area (Å²) in [4.78, 5) is 11.7. The Morgan fingerprint density at radius 1 is 1.39 bits per heavy atom. The fourth-order valence-corrected chi connectivity index (χ4v) is 2.24. The van der Waals surface area contributed by atoms with Gasteiger partial charge in [-0.2, -0.15) is 0 Å². The number of benzene rings is 1. The topological polar surface area (TPSA) is 38.3 Å². The van der Waals surface area contributed by atoms with Crippen LogP contribution < -0.4 is 10.1 Å². The van der Waals surface area contributed by atoms with Crippen molar-refractivity contribution in [2.24, 2.45) is 0 Å². The zero-order valence-corrected chi connectivity index (χ0v) is 10.7. The van der Waals surface area contributed by atoms with Gasteiger partial charge < -0.3 is 10.1 Å². The van der Waals surface area contributed by atoms with Crippen LogP contribution in [0.25, 0.3) is 6.08 Å². The lowest BCUT2D eigenvalue weighted by atomic mass is 10.2. The Bertz CT molecular complexity index is 434. The molecule has 1 aromatic rings. The van der Waals surface area contributed by atoms with E-state index in [0.29, 0.717) is 6.04 Å². The Hall–Kier alpha value is -1.77. The summed E-state index contributed by atoms with van der Waals surface area (Å²) >= 11 is 0. The third kappa shape index (κ3) is 3.62. The van der Waals surface area contributed by atoms with Crippen LogP contribution in [0.2, 0.25) is 0 Å². The van der Waals surface area contributed by atoms with E-state index in [9.17, 15) is 4.79 Å². The minimum atomic E-state index is -0.00952. The van der Waals surface area contributed by atoms with Crippen molar-refractivity contribution in [2.45, 2.75) is 31.7 Å². The number of nitrogens with one attached hydrogen (secondary N) is 1. The van der Waals surface area contributed by atoms with Gasteiger partial charge >= 0.3 is 0 Å². The van der Waals surface area contributed by atoms with Gasteiger partial charge in [0.05, 0.1) is 7.11 Å². The van der Waals surface area contributed by atoms with Crippen LogP contribution in [-0.2, 0) is 4.79 Å². The average molecular weight is 245 g/mol. The first-order chi connectivity index (χ1) is 8.78. The summed E-state index contributed by atoms with van der Waals surface area (Å²) in [5.41, 5.74) is 0.968. The largest absolute Gasteiger partial charge is 0.497 e. The molecule has 0 bridgehead atoms. The van der Waals surface area contributed by atoms with E-state index in [1.807, 2.05) is 30.3 Å². The minimum absolute atomic E-state index is 0.00952. The van der Waals surface area contributed by atoms with Crippen LogP contribution in [0.5, 0.6) is 5.75 Å². The Morgan fingerprint density at radius 2 is 2.17 bits per heavy atom. The van der Waals surface area contributed by atoms with Crippen LogP contribution in [0.1, 0.15) is 31.2 Å². The van der Waals surface area contributed by atoms with E-state index < -0.39 is 0 Å². The molecule has 2 rings (SSSR count). The Morgan fingerprint density at radius 3 is 2.89 bits per heavy atom. The highest BCUT2D eigenvalue weighted by Gasteiger charge is 2.15. The molecule has 1 aliphatic rings. The first-order valence-corrected chi connectivity index (χ1v) is 6.40. The molecule has 0 saturated heterocycles. The van der Waals surface area contributed by atoms with Crippen molar-refractivity contribution in [2.75, 3.05) is 7.11 Å². The Labute approximate surface area is 108 Å². The van der Waals surface area contributed by atoms with E-state index in [1.54, 1.807) is 13.2 Å². The van der Waals surface area contributed by atoms with E-state index in [0.717, 1.165) is 24.2 Å². The molecule has 0 atom stereocenters. The summed E-state index contributed by atoms with van der Waals surface area (Å²) < 4.78 is 5.13. The summed E-state index contributed by atoms with van der Waals surface area (Å²) in [5.74, 6) is 0.790. The normalized spacial score (nSPS) is 16.1. The number of methoxy groups -OCH3 is 1. The highest BCUT2D eigenvalue weighted by atomic mass is 16.5. The number of amides is 1. The highest BCUT2D eigenvalue weighted by Crippen LogP contribution is 2.17. The summed E-state index contributed by atoms with van der Waals surface area (Å²) in [7, 11) is 1.63. The molecule has 1 fully saturated rings. The summed E-state index contributed by atoms with van der Waals surface area (Å²) in [5, 5.41) is 3.02. The van der Waals surface area contributed by atoms with Gasteiger partial charge in [-0.3, -0.25) is 4.79 Å². The predicted octanol–water partition coefficient (Wildman–Crippen LogP) is 2.77. The number of carbonyl (C=O) groups excluding carboxylic acids is 1. The van der Waals surface area contributed by atoms with Crippen LogP contribution in [0.4, 0.5) is 0 Å². The molecular formula is C15H19NO2. The van der Waals surface area contributed by atoms with E-state index in [4.69, 9.17) is 4.74 Å². The first kappa shape index (κ1) is 12.7. The van der Waals surface area contributed by atoms with Gasteiger partial charge in [-0.1, -0.05) is 25.0 Å². The lowest BCUT2D eigenvalue weighted by Crippen LogP contribution is -2.30. The molecular weight excluding hydrogens is 226 g/mol. The fraction of sp³-hybridized carbons (Fsp3) is 0.400. The highest BCUT2D eigenvalue weighted by molar-refractivity contribution is 5.91. The van der Waals surface area contributed by atoms with Crippen molar-refractivity contribution in [3.8, 4) is 5.75 Å². The Balaban J connectivity index is 1.90. The third-order valence-corrected chi connectivity index (χ3v) is 3.22. The molecule has 1 N–H and O–H groups in total. The van der Waals surface area contributed by atoms with Crippen LogP contribution in [0.3, 0.4) is 0 Å². The maximum absolute atomic E-state index is 11.7. The van der Waals surface area contributed by atoms with Crippen molar-refractivity contribution in [1.82, 2.24) is 5.32 Å². The van der Waals surface area contributed by atoms with Crippen molar-refractivity contribution in [3.05, 3.63) is 35.9 Å². The van der Waals surface area contributed by atoms with Crippen LogP contribution >= 0.6 is 0 Å². The van der Waals surface area contributed by atoms with Crippen LogP contribution in [0, 0.1) is 0 Å². The van der Waals surface area contributed by atoms with E-state index in [-0.39, 0.29) is 5.91 Å². The molecule has 0 aliphatic heterocycles. The van der Waals surface area contributed by atoms with E-state index in [1.165, 1.54) is 12.8 Å². The molecule has 1 aromatic carbocycles. The average Bonchev–Trinajstić information content (AvgIpc) is 2.89. The molecule has 0 radical (unpaired) electrons. The fourth-order valence-electron chi connectivity index (χ4n) is 2.24. The molecule has 0 heterocycles. The van der Waals surface area contributed by atoms with Crippen LogP contribution in [-0.4, -0.2) is 19.1 Å². The molecule has 3 nitrogen and oxygen atoms in total. The number of carbonyl (C=O) groups is 1. The molecule has 3 heteroatoms. The molecule has 1 aliphatic carbocycles. The zero-order chi connectivity index (χ0) is 12.8. The maximum Gasteiger partial charge on any atom is 0.244 e. The third-order valence-electron chi connectivity index (χ3n) is 3.22. The van der Waals surface area contributed by atoms with Gasteiger partial charge in [0, 0.05) is 12.1 Å². The molecule has 0 unspecified atom stereocenters. The molecule has 1 saturated carbocycles. The molecule has 96 valence electrons. The number of rotatable bonds is 4. The second-order valence-corrected chi connectivity index (χ2v) is 4.60. The van der Waals surface area contributed by atoms with Gasteiger partial charge in [-0.05, 0) is 36.6 Å². The van der Waals surface area contributed by atoms with E-state index >= 15 is 0 Å². The summed E-state index contributed by atoms with van der Waals surface area (Å²) in [6.07, 6.45) is 8.08. The second kappa shape index (κ2) is 6.24. The summed E-state index contributed by atoms with van der Waals surface area (Å²) in [6.45, 7) is 0. The monoisotopic (exact) mass is 245 g/mol. The van der Waals surface area contributed by atoms with Gasteiger partial charge in [-0.15, -0.1) is 0 Å². The molecule has 18 heavy (non-hydrogen) atoms. The van der Waals surface area contributed by atoms with Gasteiger partial charge in [0.15, 0.2) is 0 Å². The number of hydrogen-bond acceptors (Lipinski definition) is 2. The summed E-state index contributed by atoms with van der Waals surface area (Å²) in [6, 6.07) is 8.01. The number of ether oxygens (including phenoxy) is 1. The van der Waals surface area contributed by atoms with Crippen molar-refractivity contribution >= 4 is 12.0 Å². The van der Waals surface area contributed by atoms with Gasteiger partial charge in [0.2, 0.25) is 5.91 Å². The lowest BCUT2D eigenvalue weighted by Gasteiger charge is -2.09. The van der Waals surface area contributed by atoms with Crippen molar-refractivity contribution in [3.63, 3.8) is 0 Å². The Kier molecular flexibility index (Phi) is 4.40. The van der Waals surface area contributed by atoms with Gasteiger partial charge in [-0.25, -0.2) is 0 Å². The van der Waals surface area contributed by atoms with Crippen molar-refractivity contribution in [1.29, 1.82) is 0 Å². The number of hydrogen-bond donors (Lipinski definition) is 1. The SMILES string of the molecule is COc1cccc(C=CC(=O)NC2CCCC2)c1.